The van der Waals surface area contributed by atoms with Gasteiger partial charge in [0.25, 0.3) is 0 Å². The molecule has 0 saturated carbocycles. The van der Waals surface area contributed by atoms with Crippen molar-refractivity contribution in [2.24, 2.45) is 0 Å². The second-order valence-electron chi connectivity index (χ2n) is 3.56. The van der Waals surface area contributed by atoms with E-state index in [0.29, 0.717) is 0 Å². The van der Waals surface area contributed by atoms with Gasteiger partial charge in [-0.05, 0) is 25.9 Å². The number of piperidine rings is 1. The summed E-state index contributed by atoms with van der Waals surface area (Å²) in [4.78, 5) is 23.3. The summed E-state index contributed by atoms with van der Waals surface area (Å²) in [6.45, 7) is 1.54. The van der Waals surface area contributed by atoms with Gasteiger partial charge in [-0.1, -0.05) is 0 Å². The van der Waals surface area contributed by atoms with Gasteiger partial charge in [-0.2, -0.15) is 0 Å². The fraction of sp³-hybridized carbons (Fsp3) is 0.778. The molecular weight excluding hydrogens is 234 g/mol. The van der Waals surface area contributed by atoms with Crippen LogP contribution in [-0.4, -0.2) is 54.7 Å². The summed E-state index contributed by atoms with van der Waals surface area (Å²) in [7, 11) is 1.50. The molecule has 1 aliphatic rings. The normalized spacial score (nSPS) is 16.1. The van der Waals surface area contributed by atoms with Crippen LogP contribution in [0.4, 0.5) is 4.79 Å². The first kappa shape index (κ1) is 15.0. The lowest BCUT2D eigenvalue weighted by atomic mass is 10.1. The van der Waals surface area contributed by atoms with E-state index in [1.54, 1.807) is 0 Å². The van der Waals surface area contributed by atoms with E-state index in [2.05, 4.69) is 10.6 Å². The Balaban J connectivity index is 0.00000225. The molecule has 0 aromatic carbocycles. The van der Waals surface area contributed by atoms with Gasteiger partial charge in [0.2, 0.25) is 5.91 Å². The molecule has 0 aromatic rings. The lowest BCUT2D eigenvalue weighted by Crippen LogP contribution is -2.49. The van der Waals surface area contributed by atoms with E-state index in [1.807, 2.05) is 0 Å². The van der Waals surface area contributed by atoms with Crippen LogP contribution in [0.3, 0.4) is 0 Å². The van der Waals surface area contributed by atoms with Crippen LogP contribution in [0.15, 0.2) is 0 Å². The first-order valence-corrected chi connectivity index (χ1v) is 5.06. The van der Waals surface area contributed by atoms with E-state index in [1.165, 1.54) is 11.9 Å². The quantitative estimate of drug-likeness (QED) is 0.654. The van der Waals surface area contributed by atoms with Gasteiger partial charge in [0.15, 0.2) is 0 Å². The zero-order valence-electron chi connectivity index (χ0n) is 9.23. The predicted octanol–water partition coefficient (Wildman–Crippen LogP) is -0.114. The third-order valence-corrected chi connectivity index (χ3v) is 2.59. The van der Waals surface area contributed by atoms with Gasteiger partial charge >= 0.3 is 6.09 Å². The smallest absolute Gasteiger partial charge is 0.408 e. The third kappa shape index (κ3) is 4.24. The molecular formula is C9H18ClN3O3. The molecule has 0 unspecified atom stereocenters. The second-order valence-corrected chi connectivity index (χ2v) is 3.56. The monoisotopic (exact) mass is 251 g/mol. The number of hydrogen-bond donors (Lipinski definition) is 3. The Labute approximate surface area is 101 Å². The Bertz CT molecular complexity index is 244. The van der Waals surface area contributed by atoms with E-state index < -0.39 is 6.09 Å². The van der Waals surface area contributed by atoms with Crippen molar-refractivity contribution in [1.29, 1.82) is 0 Å². The summed E-state index contributed by atoms with van der Waals surface area (Å²) >= 11 is 0. The Morgan fingerprint density at radius 2 is 2.00 bits per heavy atom. The number of likely N-dealkylation sites (N-methyl/N-ethyl adjacent to an activating group) is 1. The van der Waals surface area contributed by atoms with Crippen LogP contribution in [0, 0.1) is 0 Å². The minimum Gasteiger partial charge on any atom is -0.465 e. The molecule has 16 heavy (non-hydrogen) atoms. The van der Waals surface area contributed by atoms with Crippen molar-refractivity contribution < 1.29 is 14.7 Å². The van der Waals surface area contributed by atoms with Crippen molar-refractivity contribution in [3.63, 3.8) is 0 Å². The van der Waals surface area contributed by atoms with Gasteiger partial charge in [0.1, 0.15) is 6.54 Å². The maximum atomic E-state index is 11.1. The minimum absolute atomic E-state index is 0. The molecule has 1 aliphatic heterocycles. The van der Waals surface area contributed by atoms with Gasteiger partial charge in [0.05, 0.1) is 0 Å². The molecule has 0 aliphatic carbocycles. The van der Waals surface area contributed by atoms with Crippen LogP contribution in [0.1, 0.15) is 12.8 Å². The molecule has 94 valence electrons. The van der Waals surface area contributed by atoms with Crippen LogP contribution in [0.5, 0.6) is 0 Å². The Morgan fingerprint density at radius 3 is 2.44 bits per heavy atom. The molecule has 0 bridgehead atoms. The van der Waals surface area contributed by atoms with Crippen LogP contribution in [0.2, 0.25) is 0 Å². The average Bonchev–Trinajstić information content (AvgIpc) is 2.26. The van der Waals surface area contributed by atoms with Crippen molar-refractivity contribution >= 4 is 24.4 Å². The second kappa shape index (κ2) is 7.29. The molecule has 6 nitrogen and oxygen atoms in total. The number of carbonyl (C=O) groups excluding carboxylic acids is 1. The van der Waals surface area contributed by atoms with Crippen molar-refractivity contribution in [3.8, 4) is 0 Å². The zero-order valence-corrected chi connectivity index (χ0v) is 10.0. The number of hydrogen-bond acceptors (Lipinski definition) is 3. The molecule has 3 N–H and O–H groups in total. The molecule has 0 spiro atoms. The molecule has 1 heterocycles. The lowest BCUT2D eigenvalue weighted by Gasteiger charge is -2.31. The van der Waals surface area contributed by atoms with Crippen LogP contribution < -0.4 is 10.6 Å². The number of nitrogens with zero attached hydrogens (tertiary/aromatic N) is 1. The maximum absolute atomic E-state index is 11.1. The Kier molecular flexibility index (Phi) is 6.83. The highest BCUT2D eigenvalue weighted by Gasteiger charge is 2.26. The molecule has 7 heteroatoms. The molecule has 0 atom stereocenters. The topological polar surface area (TPSA) is 81.7 Å². The number of halogens is 1. The van der Waals surface area contributed by atoms with Gasteiger partial charge < -0.3 is 15.7 Å². The summed E-state index contributed by atoms with van der Waals surface area (Å²) in [5, 5.41) is 14.6. The SMILES string of the molecule is CNC(=O)CN(C(=O)O)C1CCNCC1.Cl. The van der Waals surface area contributed by atoms with E-state index >= 15 is 0 Å². The molecule has 1 saturated heterocycles. The van der Waals surface area contributed by atoms with Crippen molar-refractivity contribution in [1.82, 2.24) is 15.5 Å². The first-order chi connectivity index (χ1) is 7.15. The summed E-state index contributed by atoms with van der Waals surface area (Å²) in [5.74, 6) is -0.268. The van der Waals surface area contributed by atoms with Crippen LogP contribution in [-0.2, 0) is 4.79 Å². The summed E-state index contributed by atoms with van der Waals surface area (Å²) in [6.07, 6.45) is 0.512. The number of carbonyl (C=O) groups is 2. The van der Waals surface area contributed by atoms with E-state index in [0.717, 1.165) is 25.9 Å². The van der Waals surface area contributed by atoms with Crippen molar-refractivity contribution in [3.05, 3.63) is 0 Å². The van der Waals surface area contributed by atoms with E-state index in [4.69, 9.17) is 5.11 Å². The highest BCUT2D eigenvalue weighted by atomic mass is 35.5. The van der Waals surface area contributed by atoms with Gasteiger partial charge in [-0.25, -0.2) is 4.79 Å². The molecule has 1 fully saturated rings. The van der Waals surface area contributed by atoms with Gasteiger partial charge in [0, 0.05) is 13.1 Å². The lowest BCUT2D eigenvalue weighted by molar-refractivity contribution is -0.122. The molecule has 0 radical (unpaired) electrons. The standard InChI is InChI=1S/C9H17N3O3.ClH/c1-10-8(13)6-12(9(14)15)7-2-4-11-5-3-7;/h7,11H,2-6H2,1H3,(H,10,13)(H,14,15);1H. The summed E-state index contributed by atoms with van der Waals surface area (Å²) < 4.78 is 0. The predicted molar refractivity (Wildman–Crippen MR) is 61.9 cm³/mol. The zero-order chi connectivity index (χ0) is 11.3. The summed E-state index contributed by atoms with van der Waals surface area (Å²) in [6, 6.07) is -0.0407. The number of rotatable bonds is 3. The fourth-order valence-corrected chi connectivity index (χ4v) is 1.71. The van der Waals surface area contributed by atoms with Crippen LogP contribution in [0.25, 0.3) is 0 Å². The maximum Gasteiger partial charge on any atom is 0.408 e. The van der Waals surface area contributed by atoms with E-state index in [9.17, 15) is 9.59 Å². The average molecular weight is 252 g/mol. The minimum atomic E-state index is -1.02. The number of amides is 2. The Hall–Kier alpha value is -1.01. The van der Waals surface area contributed by atoms with Crippen molar-refractivity contribution in [2.75, 3.05) is 26.7 Å². The van der Waals surface area contributed by atoms with Crippen LogP contribution >= 0.6 is 12.4 Å². The summed E-state index contributed by atoms with van der Waals surface area (Å²) in [5.41, 5.74) is 0. The van der Waals surface area contributed by atoms with Crippen molar-refractivity contribution in [2.45, 2.75) is 18.9 Å². The highest BCUT2D eigenvalue weighted by molar-refractivity contribution is 5.85. The largest absolute Gasteiger partial charge is 0.465 e. The molecule has 0 aromatic heterocycles. The van der Waals surface area contributed by atoms with E-state index in [-0.39, 0.29) is 30.9 Å². The highest BCUT2D eigenvalue weighted by Crippen LogP contribution is 2.11. The number of nitrogens with one attached hydrogen (secondary N) is 2. The van der Waals surface area contributed by atoms with Gasteiger partial charge in [-0.15, -0.1) is 12.4 Å². The molecule has 2 amide bonds. The van der Waals surface area contributed by atoms with Gasteiger partial charge in [-0.3, -0.25) is 9.69 Å². The molecule has 1 rings (SSSR count). The first-order valence-electron chi connectivity index (χ1n) is 5.06. The fourth-order valence-electron chi connectivity index (χ4n) is 1.71. The Morgan fingerprint density at radius 1 is 1.44 bits per heavy atom. The third-order valence-electron chi connectivity index (χ3n) is 2.59. The number of carboxylic acid groups (broad SMARTS) is 1.